The van der Waals surface area contributed by atoms with Crippen LogP contribution in [-0.2, 0) is 16.6 Å². The summed E-state index contributed by atoms with van der Waals surface area (Å²) in [5.74, 6) is 0.170. The van der Waals surface area contributed by atoms with Crippen molar-refractivity contribution in [3.8, 4) is 0 Å². The second kappa shape index (κ2) is 7.23. The molecule has 1 heterocycles. The average Bonchev–Trinajstić information content (AvgIpc) is 2.53. The molecule has 0 radical (unpaired) electrons. The fraction of sp³-hybridized carbons (Fsp3) is 0.250. The maximum absolute atomic E-state index is 12.2. The number of hydrogen-bond acceptors (Lipinski definition) is 3. The molecule has 2 rings (SSSR count). The molecule has 0 fully saturated rings. The molecule has 3 N–H and O–H groups in total. The van der Waals surface area contributed by atoms with Gasteiger partial charge in [-0.2, -0.15) is 8.42 Å². The van der Waals surface area contributed by atoms with E-state index in [-0.39, 0.29) is 10.9 Å². The number of sulfonamides is 1. The standard InChI is InChI=1S/C16H20N4O2S/c1-12(2)13-6-8-15(9-7-13)23(21,22)20-16(17)19-11-14-5-3-4-10-18-14/h3-10,12H,11H2,1-2H3,(H3,17,19,20). The summed E-state index contributed by atoms with van der Waals surface area (Å²) in [5.41, 5.74) is 7.46. The minimum Gasteiger partial charge on any atom is -0.369 e. The molecule has 0 aliphatic heterocycles. The molecule has 23 heavy (non-hydrogen) atoms. The van der Waals surface area contributed by atoms with Gasteiger partial charge >= 0.3 is 0 Å². The summed E-state index contributed by atoms with van der Waals surface area (Å²) in [6.45, 7) is 4.39. The highest BCUT2D eigenvalue weighted by atomic mass is 32.2. The van der Waals surface area contributed by atoms with E-state index < -0.39 is 10.0 Å². The van der Waals surface area contributed by atoms with Crippen molar-refractivity contribution in [3.63, 3.8) is 0 Å². The SMILES string of the molecule is CC(C)c1ccc(S(=O)(=O)/N=C(\N)NCc2ccccn2)cc1. The van der Waals surface area contributed by atoms with Gasteiger partial charge in [0.15, 0.2) is 0 Å². The quantitative estimate of drug-likeness (QED) is 0.645. The van der Waals surface area contributed by atoms with Gasteiger partial charge in [-0.1, -0.05) is 32.0 Å². The van der Waals surface area contributed by atoms with Crippen molar-refractivity contribution in [3.05, 3.63) is 59.9 Å². The maximum atomic E-state index is 12.2. The number of rotatable bonds is 5. The first-order valence-electron chi connectivity index (χ1n) is 7.22. The second-order valence-electron chi connectivity index (χ2n) is 5.35. The van der Waals surface area contributed by atoms with Crippen molar-refractivity contribution in [2.24, 2.45) is 10.1 Å². The van der Waals surface area contributed by atoms with Gasteiger partial charge in [-0.3, -0.25) is 4.98 Å². The van der Waals surface area contributed by atoms with E-state index in [1.807, 2.05) is 19.9 Å². The van der Waals surface area contributed by atoms with Gasteiger partial charge in [-0.05, 0) is 35.7 Å². The van der Waals surface area contributed by atoms with Gasteiger partial charge in [0.1, 0.15) is 0 Å². The molecule has 0 aliphatic rings. The Morgan fingerprint density at radius 1 is 1.22 bits per heavy atom. The van der Waals surface area contributed by atoms with Gasteiger partial charge in [-0.25, -0.2) is 0 Å². The summed E-state index contributed by atoms with van der Waals surface area (Å²) in [6.07, 6.45) is 1.65. The molecule has 0 amide bonds. The van der Waals surface area contributed by atoms with Crippen LogP contribution in [0.3, 0.4) is 0 Å². The largest absolute Gasteiger partial charge is 0.369 e. The van der Waals surface area contributed by atoms with Gasteiger partial charge in [0.2, 0.25) is 5.96 Å². The molecule has 0 saturated carbocycles. The number of nitrogens with one attached hydrogen (secondary N) is 1. The Morgan fingerprint density at radius 2 is 1.91 bits per heavy atom. The number of nitrogens with two attached hydrogens (primary N) is 1. The number of aromatic nitrogens is 1. The summed E-state index contributed by atoms with van der Waals surface area (Å²) >= 11 is 0. The van der Waals surface area contributed by atoms with Crippen LogP contribution >= 0.6 is 0 Å². The lowest BCUT2D eigenvalue weighted by Crippen LogP contribution is -2.32. The Bertz CT molecular complexity index is 769. The Hall–Kier alpha value is -2.41. The van der Waals surface area contributed by atoms with Crippen LogP contribution in [0.2, 0.25) is 0 Å². The van der Waals surface area contributed by atoms with E-state index in [1.54, 1.807) is 42.6 Å². The molecule has 122 valence electrons. The molecule has 0 atom stereocenters. The lowest BCUT2D eigenvalue weighted by molar-refractivity contribution is 0.597. The summed E-state index contributed by atoms with van der Waals surface area (Å²) in [6, 6.07) is 12.1. The fourth-order valence-electron chi connectivity index (χ4n) is 1.92. The number of pyridine rings is 1. The minimum absolute atomic E-state index is 0.115. The third-order valence-electron chi connectivity index (χ3n) is 3.24. The van der Waals surface area contributed by atoms with E-state index in [9.17, 15) is 8.42 Å². The van der Waals surface area contributed by atoms with Crippen LogP contribution in [0.15, 0.2) is 58.0 Å². The maximum Gasteiger partial charge on any atom is 0.285 e. The van der Waals surface area contributed by atoms with E-state index in [0.717, 1.165) is 11.3 Å². The van der Waals surface area contributed by atoms with Gasteiger partial charge in [0.05, 0.1) is 17.1 Å². The molecule has 0 spiro atoms. The van der Waals surface area contributed by atoms with Crippen molar-refractivity contribution >= 4 is 16.0 Å². The van der Waals surface area contributed by atoms with Crippen LogP contribution in [0.5, 0.6) is 0 Å². The first kappa shape index (κ1) is 17.0. The van der Waals surface area contributed by atoms with Gasteiger partial charge in [0, 0.05) is 6.20 Å². The van der Waals surface area contributed by atoms with Crippen molar-refractivity contribution in [2.75, 3.05) is 0 Å². The highest BCUT2D eigenvalue weighted by molar-refractivity contribution is 7.90. The van der Waals surface area contributed by atoms with Crippen LogP contribution in [0.1, 0.15) is 31.0 Å². The molecular weight excluding hydrogens is 312 g/mol. The molecule has 6 nitrogen and oxygen atoms in total. The summed E-state index contributed by atoms with van der Waals surface area (Å²) < 4.78 is 28.0. The van der Waals surface area contributed by atoms with Crippen LogP contribution in [0, 0.1) is 0 Å². The summed E-state index contributed by atoms with van der Waals surface area (Å²) in [7, 11) is -3.83. The van der Waals surface area contributed by atoms with Crippen LogP contribution in [0.25, 0.3) is 0 Å². The fourth-order valence-corrected chi connectivity index (χ4v) is 2.83. The van der Waals surface area contributed by atoms with Gasteiger partial charge < -0.3 is 11.1 Å². The average molecular weight is 332 g/mol. The lowest BCUT2D eigenvalue weighted by atomic mass is 10.0. The number of benzene rings is 1. The minimum atomic E-state index is -3.83. The zero-order chi connectivity index (χ0) is 16.9. The smallest absolute Gasteiger partial charge is 0.285 e. The normalized spacial score (nSPS) is 12.4. The van der Waals surface area contributed by atoms with Crippen LogP contribution in [0.4, 0.5) is 0 Å². The van der Waals surface area contributed by atoms with Crippen molar-refractivity contribution < 1.29 is 8.42 Å². The third-order valence-corrected chi connectivity index (χ3v) is 4.54. The number of nitrogens with zero attached hydrogens (tertiary/aromatic N) is 2. The first-order chi connectivity index (χ1) is 10.9. The molecule has 0 unspecified atom stereocenters. The highest BCUT2D eigenvalue weighted by Crippen LogP contribution is 2.18. The molecule has 0 saturated heterocycles. The molecule has 7 heteroatoms. The molecular formula is C16H20N4O2S. The Labute approximate surface area is 136 Å². The van der Waals surface area contributed by atoms with Crippen molar-refractivity contribution in [2.45, 2.75) is 31.2 Å². The summed E-state index contributed by atoms with van der Waals surface area (Å²) in [5, 5.41) is 2.74. The topological polar surface area (TPSA) is 97.4 Å². The Morgan fingerprint density at radius 3 is 2.48 bits per heavy atom. The van der Waals surface area contributed by atoms with E-state index >= 15 is 0 Å². The monoisotopic (exact) mass is 332 g/mol. The molecule has 1 aromatic heterocycles. The molecule has 0 aliphatic carbocycles. The second-order valence-corrected chi connectivity index (χ2v) is 6.95. The van der Waals surface area contributed by atoms with E-state index in [2.05, 4.69) is 14.7 Å². The van der Waals surface area contributed by atoms with E-state index in [1.165, 1.54) is 0 Å². The number of guanidine groups is 1. The van der Waals surface area contributed by atoms with Gasteiger partial charge in [0.25, 0.3) is 10.0 Å². The first-order valence-corrected chi connectivity index (χ1v) is 8.66. The lowest BCUT2D eigenvalue weighted by Gasteiger charge is -2.07. The Balaban J connectivity index is 2.09. The predicted molar refractivity (Wildman–Crippen MR) is 90.4 cm³/mol. The van der Waals surface area contributed by atoms with Crippen LogP contribution < -0.4 is 11.1 Å². The van der Waals surface area contributed by atoms with E-state index in [4.69, 9.17) is 5.73 Å². The van der Waals surface area contributed by atoms with Crippen LogP contribution in [-0.4, -0.2) is 19.4 Å². The van der Waals surface area contributed by atoms with Gasteiger partial charge in [-0.15, -0.1) is 4.40 Å². The summed E-state index contributed by atoms with van der Waals surface area (Å²) in [4.78, 5) is 4.22. The number of hydrogen-bond donors (Lipinski definition) is 2. The predicted octanol–water partition coefficient (Wildman–Crippen LogP) is 2.00. The zero-order valence-electron chi connectivity index (χ0n) is 13.1. The zero-order valence-corrected chi connectivity index (χ0v) is 13.9. The Kier molecular flexibility index (Phi) is 5.33. The van der Waals surface area contributed by atoms with E-state index in [0.29, 0.717) is 12.5 Å². The molecule has 1 aromatic carbocycles. The highest BCUT2D eigenvalue weighted by Gasteiger charge is 2.14. The molecule has 0 bridgehead atoms. The molecule has 2 aromatic rings. The third kappa shape index (κ3) is 4.79. The van der Waals surface area contributed by atoms with Crippen molar-refractivity contribution in [1.82, 2.24) is 10.3 Å². The van der Waals surface area contributed by atoms with Crippen molar-refractivity contribution in [1.29, 1.82) is 0 Å².